The van der Waals surface area contributed by atoms with Crippen LogP contribution in [0.5, 0.6) is 5.75 Å². The molecule has 0 aromatic heterocycles. The van der Waals surface area contributed by atoms with Gasteiger partial charge in [0.15, 0.2) is 0 Å². The van der Waals surface area contributed by atoms with Crippen LogP contribution in [-0.4, -0.2) is 11.7 Å². The normalized spacial score (nSPS) is 12.1. The minimum absolute atomic E-state index is 0.106. The Morgan fingerprint density at radius 2 is 1.52 bits per heavy atom. The van der Waals surface area contributed by atoms with Gasteiger partial charge in [-0.3, -0.25) is 0 Å². The highest BCUT2D eigenvalue weighted by Crippen LogP contribution is 2.39. The average Bonchev–Trinajstić information content (AvgIpc) is 2.33. The number of phenolic OH excluding ortho intramolecular Hbond substituents is 1. The molecule has 1 N–H and O–H groups in total. The summed E-state index contributed by atoms with van der Waals surface area (Å²) in [7, 11) is 0. The Hall–Kier alpha value is -1.67. The Kier molecular flexibility index (Phi) is 5.30. The first-order valence-electron chi connectivity index (χ1n) is 7.45. The zero-order chi connectivity index (χ0) is 16.3. The third kappa shape index (κ3) is 4.68. The molecule has 0 radical (unpaired) electrons. The predicted molar refractivity (Wildman–Crippen MR) is 87.8 cm³/mol. The molecule has 0 spiro atoms. The lowest BCUT2D eigenvalue weighted by molar-refractivity contribution is 0.422. The second-order valence-corrected chi connectivity index (χ2v) is 7.60. The summed E-state index contributed by atoms with van der Waals surface area (Å²) >= 11 is 0. The van der Waals surface area contributed by atoms with Gasteiger partial charge in [0.2, 0.25) is 0 Å². The zero-order valence-electron chi connectivity index (χ0n) is 14.1. The minimum atomic E-state index is -0.106. The third-order valence-corrected chi connectivity index (χ3v) is 3.57. The van der Waals surface area contributed by atoms with Crippen LogP contribution in [0, 0.1) is 0 Å². The number of azide groups is 1. The molecule has 0 bridgehead atoms. The second-order valence-electron chi connectivity index (χ2n) is 7.60. The number of aromatic hydroxyl groups is 1. The summed E-state index contributed by atoms with van der Waals surface area (Å²) in [5.41, 5.74) is 11.3. The Balaban J connectivity index is 3.24. The fourth-order valence-electron chi connectivity index (χ4n) is 2.38. The molecule has 4 nitrogen and oxygen atoms in total. The average molecular weight is 289 g/mol. The van der Waals surface area contributed by atoms with Gasteiger partial charge < -0.3 is 5.11 Å². The molecule has 4 heteroatoms. The van der Waals surface area contributed by atoms with E-state index in [1.165, 1.54) is 5.56 Å². The number of hydrogen-bond donors (Lipinski definition) is 1. The number of benzene rings is 1. The van der Waals surface area contributed by atoms with Gasteiger partial charge >= 0.3 is 0 Å². The first-order chi connectivity index (χ1) is 9.57. The lowest BCUT2D eigenvalue weighted by Crippen LogP contribution is -2.18. The Bertz CT molecular complexity index is 509. The van der Waals surface area contributed by atoms with Crippen molar-refractivity contribution in [2.75, 3.05) is 6.54 Å². The van der Waals surface area contributed by atoms with E-state index in [4.69, 9.17) is 5.53 Å². The second kappa shape index (κ2) is 6.40. The minimum Gasteiger partial charge on any atom is -0.507 e. The molecule has 0 unspecified atom stereocenters. The highest BCUT2D eigenvalue weighted by atomic mass is 16.3. The molecule has 0 aliphatic rings. The van der Waals surface area contributed by atoms with E-state index in [0.29, 0.717) is 12.3 Å². The first kappa shape index (κ1) is 17.4. The lowest BCUT2D eigenvalue weighted by Gasteiger charge is -2.28. The monoisotopic (exact) mass is 289 g/mol. The van der Waals surface area contributed by atoms with E-state index in [9.17, 15) is 5.11 Å². The van der Waals surface area contributed by atoms with Crippen molar-refractivity contribution in [1.82, 2.24) is 0 Å². The van der Waals surface area contributed by atoms with Crippen molar-refractivity contribution < 1.29 is 5.11 Å². The molecule has 0 amide bonds. The van der Waals surface area contributed by atoms with E-state index >= 15 is 0 Å². The SMILES string of the molecule is CC(C)(C)c1cc(CCCN=[N+]=[N-])cc(C(C)(C)C)c1O. The summed E-state index contributed by atoms with van der Waals surface area (Å²) < 4.78 is 0. The first-order valence-corrected chi connectivity index (χ1v) is 7.45. The third-order valence-electron chi connectivity index (χ3n) is 3.57. The number of rotatable bonds is 4. The van der Waals surface area contributed by atoms with Crippen LogP contribution in [-0.2, 0) is 17.3 Å². The number of phenols is 1. The molecule has 1 aromatic carbocycles. The summed E-state index contributed by atoms with van der Waals surface area (Å²) in [5.74, 6) is 0.411. The van der Waals surface area contributed by atoms with Crippen LogP contribution in [0.3, 0.4) is 0 Å². The van der Waals surface area contributed by atoms with Crippen molar-refractivity contribution in [2.45, 2.75) is 65.2 Å². The molecule has 0 saturated carbocycles. The van der Waals surface area contributed by atoms with Gasteiger partial charge in [0, 0.05) is 11.5 Å². The van der Waals surface area contributed by atoms with Crippen LogP contribution in [0.2, 0.25) is 0 Å². The maximum absolute atomic E-state index is 10.6. The summed E-state index contributed by atoms with van der Waals surface area (Å²) in [4.78, 5) is 2.78. The zero-order valence-corrected chi connectivity index (χ0v) is 14.1. The Morgan fingerprint density at radius 3 is 1.90 bits per heavy atom. The molecule has 1 aromatic rings. The van der Waals surface area contributed by atoms with Gasteiger partial charge in [0.05, 0.1) is 0 Å². The molecule has 0 fully saturated rings. The van der Waals surface area contributed by atoms with Crippen molar-refractivity contribution in [2.24, 2.45) is 5.11 Å². The summed E-state index contributed by atoms with van der Waals surface area (Å²) in [5, 5.41) is 14.2. The number of hydrogen-bond acceptors (Lipinski definition) is 2. The molecule has 0 aliphatic heterocycles. The quantitative estimate of drug-likeness (QED) is 0.350. The molecular formula is C17H27N3O. The van der Waals surface area contributed by atoms with Gasteiger partial charge in [-0.25, -0.2) is 0 Å². The van der Waals surface area contributed by atoms with Crippen LogP contribution >= 0.6 is 0 Å². The van der Waals surface area contributed by atoms with E-state index in [2.05, 4.69) is 63.7 Å². The van der Waals surface area contributed by atoms with Crippen LogP contribution in [0.1, 0.15) is 64.7 Å². The fraction of sp³-hybridized carbons (Fsp3) is 0.647. The van der Waals surface area contributed by atoms with Crippen LogP contribution in [0.25, 0.3) is 10.4 Å². The largest absolute Gasteiger partial charge is 0.507 e. The van der Waals surface area contributed by atoms with Gasteiger partial charge in [-0.1, -0.05) is 58.8 Å². The molecule has 0 heterocycles. The van der Waals surface area contributed by atoms with Crippen molar-refractivity contribution in [1.29, 1.82) is 0 Å². The summed E-state index contributed by atoms with van der Waals surface area (Å²) in [6, 6.07) is 4.17. The van der Waals surface area contributed by atoms with E-state index in [1.807, 2.05) is 0 Å². The summed E-state index contributed by atoms with van der Waals surface area (Å²) in [6.07, 6.45) is 1.67. The molecule has 116 valence electrons. The number of aryl methyl sites for hydroxylation is 1. The highest BCUT2D eigenvalue weighted by molar-refractivity contribution is 5.49. The van der Waals surface area contributed by atoms with Gasteiger partial charge in [0.1, 0.15) is 5.75 Å². The summed E-state index contributed by atoms with van der Waals surface area (Å²) in [6.45, 7) is 13.2. The van der Waals surface area contributed by atoms with E-state index < -0.39 is 0 Å². The Labute approximate surface area is 127 Å². The molecule has 0 atom stereocenters. The fourth-order valence-corrected chi connectivity index (χ4v) is 2.38. The van der Waals surface area contributed by atoms with E-state index in [0.717, 1.165) is 24.0 Å². The van der Waals surface area contributed by atoms with Crippen LogP contribution in [0.4, 0.5) is 0 Å². The van der Waals surface area contributed by atoms with Gasteiger partial charge in [-0.15, -0.1) is 0 Å². The van der Waals surface area contributed by atoms with Crippen LogP contribution in [0.15, 0.2) is 17.2 Å². The maximum Gasteiger partial charge on any atom is 0.123 e. The van der Waals surface area contributed by atoms with E-state index in [1.54, 1.807) is 0 Å². The molecular weight excluding hydrogens is 262 g/mol. The molecule has 0 saturated heterocycles. The predicted octanol–water partition coefficient (Wildman–Crippen LogP) is 5.23. The Morgan fingerprint density at radius 1 is 1.05 bits per heavy atom. The van der Waals surface area contributed by atoms with Crippen molar-refractivity contribution in [3.05, 3.63) is 39.3 Å². The lowest BCUT2D eigenvalue weighted by atomic mass is 9.78. The number of nitrogens with zero attached hydrogens (tertiary/aromatic N) is 3. The maximum atomic E-state index is 10.6. The standard InChI is InChI=1S/C17H27N3O/c1-16(2,3)13-10-12(8-7-9-19-20-18)11-14(15(13)21)17(4,5)6/h10-11,21H,7-9H2,1-6H3. The molecule has 21 heavy (non-hydrogen) atoms. The van der Waals surface area contributed by atoms with E-state index in [-0.39, 0.29) is 10.8 Å². The van der Waals surface area contributed by atoms with Gasteiger partial charge in [-0.05, 0) is 45.9 Å². The molecule has 1 rings (SSSR count). The molecule has 0 aliphatic carbocycles. The van der Waals surface area contributed by atoms with Crippen LogP contribution < -0.4 is 0 Å². The van der Waals surface area contributed by atoms with Gasteiger partial charge in [-0.2, -0.15) is 0 Å². The van der Waals surface area contributed by atoms with Crippen molar-refractivity contribution >= 4 is 0 Å². The highest BCUT2D eigenvalue weighted by Gasteiger charge is 2.26. The smallest absolute Gasteiger partial charge is 0.123 e. The van der Waals surface area contributed by atoms with Crippen molar-refractivity contribution in [3.8, 4) is 5.75 Å². The topological polar surface area (TPSA) is 69.0 Å². The van der Waals surface area contributed by atoms with Crippen molar-refractivity contribution in [3.63, 3.8) is 0 Å². The van der Waals surface area contributed by atoms with Gasteiger partial charge in [0.25, 0.3) is 0 Å².